The largest absolute Gasteiger partial charge is 0.496 e. The fourth-order valence-corrected chi connectivity index (χ4v) is 2.89. The van der Waals surface area contributed by atoms with E-state index in [1.807, 2.05) is 32.0 Å². The molecule has 0 saturated carbocycles. The SMILES string of the molecule is COc1ccc(NC(=O)c2cc(C)cc(C)c2)cc1-c1ccc(CO)o1. The van der Waals surface area contributed by atoms with E-state index in [1.165, 1.54) is 0 Å². The molecule has 2 N–H and O–H groups in total. The van der Waals surface area contributed by atoms with Crippen LogP contribution in [0.5, 0.6) is 5.75 Å². The standard InChI is InChI=1S/C21H21NO4/c1-13-8-14(2)10-15(9-13)21(24)22-16-4-6-19(25-3)18(11-16)20-7-5-17(12-23)26-20/h4-11,23H,12H2,1-3H3,(H,22,24). The second kappa shape index (κ2) is 7.45. The molecule has 0 bridgehead atoms. The monoisotopic (exact) mass is 351 g/mol. The van der Waals surface area contributed by atoms with E-state index in [4.69, 9.17) is 9.15 Å². The molecule has 0 aliphatic carbocycles. The molecule has 3 rings (SSSR count). The highest BCUT2D eigenvalue weighted by Crippen LogP contribution is 2.34. The zero-order chi connectivity index (χ0) is 18.7. The van der Waals surface area contributed by atoms with Crippen LogP contribution in [0.1, 0.15) is 27.2 Å². The average Bonchev–Trinajstić information content (AvgIpc) is 3.10. The highest BCUT2D eigenvalue weighted by atomic mass is 16.5. The Morgan fingerprint density at radius 1 is 1.08 bits per heavy atom. The smallest absolute Gasteiger partial charge is 0.255 e. The summed E-state index contributed by atoms with van der Waals surface area (Å²) in [4.78, 5) is 12.6. The summed E-state index contributed by atoms with van der Waals surface area (Å²) in [5.74, 6) is 1.47. The molecule has 0 saturated heterocycles. The number of carbonyl (C=O) groups is 1. The van der Waals surface area contributed by atoms with Crippen LogP contribution in [0.4, 0.5) is 5.69 Å². The third-order valence-corrected chi connectivity index (χ3v) is 4.02. The highest BCUT2D eigenvalue weighted by Gasteiger charge is 2.13. The van der Waals surface area contributed by atoms with Crippen LogP contribution < -0.4 is 10.1 Å². The van der Waals surface area contributed by atoms with Crippen molar-refractivity contribution in [1.82, 2.24) is 0 Å². The third-order valence-electron chi connectivity index (χ3n) is 4.02. The van der Waals surface area contributed by atoms with E-state index in [9.17, 15) is 9.90 Å². The third kappa shape index (κ3) is 3.78. The summed E-state index contributed by atoms with van der Waals surface area (Å²) in [6, 6.07) is 14.5. The average molecular weight is 351 g/mol. The molecular formula is C21H21NO4. The van der Waals surface area contributed by atoms with E-state index in [1.54, 1.807) is 37.4 Å². The second-order valence-electron chi connectivity index (χ2n) is 6.17. The van der Waals surface area contributed by atoms with Gasteiger partial charge in [-0.2, -0.15) is 0 Å². The van der Waals surface area contributed by atoms with Crippen LogP contribution in [0, 0.1) is 13.8 Å². The van der Waals surface area contributed by atoms with Crippen molar-refractivity contribution in [1.29, 1.82) is 0 Å². The van der Waals surface area contributed by atoms with E-state index in [0.29, 0.717) is 34.1 Å². The van der Waals surface area contributed by atoms with Crippen LogP contribution in [-0.4, -0.2) is 18.1 Å². The Kier molecular flexibility index (Phi) is 5.09. The quantitative estimate of drug-likeness (QED) is 0.718. The predicted molar refractivity (Wildman–Crippen MR) is 100 cm³/mol. The maximum atomic E-state index is 12.6. The lowest BCUT2D eigenvalue weighted by Crippen LogP contribution is -2.12. The first-order valence-electron chi connectivity index (χ1n) is 8.28. The molecule has 1 amide bonds. The summed E-state index contributed by atoms with van der Waals surface area (Å²) < 4.78 is 11.0. The minimum absolute atomic E-state index is 0.175. The van der Waals surface area contributed by atoms with Crippen molar-refractivity contribution in [2.45, 2.75) is 20.5 Å². The maximum Gasteiger partial charge on any atom is 0.255 e. The predicted octanol–water partition coefficient (Wildman–Crippen LogP) is 4.32. The van der Waals surface area contributed by atoms with Gasteiger partial charge in [0.25, 0.3) is 5.91 Å². The number of carbonyl (C=O) groups excluding carboxylic acids is 1. The lowest BCUT2D eigenvalue weighted by atomic mass is 10.1. The molecular weight excluding hydrogens is 330 g/mol. The Hall–Kier alpha value is -3.05. The molecule has 0 unspecified atom stereocenters. The van der Waals surface area contributed by atoms with Crippen LogP contribution in [0.3, 0.4) is 0 Å². The Morgan fingerprint density at radius 3 is 2.42 bits per heavy atom. The van der Waals surface area contributed by atoms with E-state index >= 15 is 0 Å². The first kappa shape index (κ1) is 17.8. The van der Waals surface area contributed by atoms with Gasteiger partial charge in [-0.1, -0.05) is 17.2 Å². The molecule has 2 aromatic carbocycles. The number of benzene rings is 2. The first-order valence-corrected chi connectivity index (χ1v) is 8.28. The summed E-state index contributed by atoms with van der Waals surface area (Å²) in [6.07, 6.45) is 0. The number of hydrogen-bond acceptors (Lipinski definition) is 4. The molecule has 0 atom stereocenters. The van der Waals surface area contributed by atoms with Crippen molar-refractivity contribution in [3.8, 4) is 17.1 Å². The van der Waals surface area contributed by atoms with Gasteiger partial charge in [-0.25, -0.2) is 0 Å². The second-order valence-corrected chi connectivity index (χ2v) is 6.17. The molecule has 26 heavy (non-hydrogen) atoms. The minimum atomic E-state index is -0.177. The number of aryl methyl sites for hydroxylation is 2. The number of amides is 1. The van der Waals surface area contributed by atoms with Crippen molar-refractivity contribution in [2.24, 2.45) is 0 Å². The van der Waals surface area contributed by atoms with Crippen LogP contribution >= 0.6 is 0 Å². The van der Waals surface area contributed by atoms with Crippen molar-refractivity contribution in [3.63, 3.8) is 0 Å². The number of hydrogen-bond donors (Lipinski definition) is 2. The number of anilines is 1. The molecule has 0 aliphatic rings. The molecule has 0 fully saturated rings. The molecule has 5 nitrogen and oxygen atoms in total. The molecule has 1 heterocycles. The summed E-state index contributed by atoms with van der Waals surface area (Å²) in [5, 5.41) is 12.1. The van der Waals surface area contributed by atoms with Gasteiger partial charge in [0.15, 0.2) is 0 Å². The van der Waals surface area contributed by atoms with Gasteiger partial charge in [0.2, 0.25) is 0 Å². The van der Waals surface area contributed by atoms with E-state index in [-0.39, 0.29) is 12.5 Å². The van der Waals surface area contributed by atoms with E-state index in [2.05, 4.69) is 5.32 Å². The Bertz CT molecular complexity index is 923. The summed E-state index contributed by atoms with van der Waals surface area (Å²) in [7, 11) is 1.57. The minimum Gasteiger partial charge on any atom is -0.496 e. The Morgan fingerprint density at radius 2 is 1.81 bits per heavy atom. The highest BCUT2D eigenvalue weighted by molar-refractivity contribution is 6.04. The van der Waals surface area contributed by atoms with Gasteiger partial charge in [0.05, 0.1) is 12.7 Å². The van der Waals surface area contributed by atoms with Crippen LogP contribution in [0.2, 0.25) is 0 Å². The molecule has 0 radical (unpaired) electrons. The van der Waals surface area contributed by atoms with Gasteiger partial charge in [-0.3, -0.25) is 4.79 Å². The van der Waals surface area contributed by atoms with Crippen molar-refractivity contribution < 1.29 is 19.1 Å². The fraction of sp³-hybridized carbons (Fsp3) is 0.190. The zero-order valence-corrected chi connectivity index (χ0v) is 15.0. The lowest BCUT2D eigenvalue weighted by Gasteiger charge is -2.11. The van der Waals surface area contributed by atoms with Gasteiger partial charge < -0.3 is 19.6 Å². The van der Waals surface area contributed by atoms with Crippen molar-refractivity contribution in [3.05, 3.63) is 71.0 Å². The number of nitrogens with one attached hydrogen (secondary N) is 1. The Balaban J connectivity index is 1.91. The molecule has 134 valence electrons. The number of aliphatic hydroxyl groups excluding tert-OH is 1. The Labute approximate surface area is 152 Å². The van der Waals surface area contributed by atoms with Gasteiger partial charge in [-0.05, 0) is 56.3 Å². The summed E-state index contributed by atoms with van der Waals surface area (Å²) >= 11 is 0. The van der Waals surface area contributed by atoms with Crippen LogP contribution in [0.25, 0.3) is 11.3 Å². The number of aliphatic hydroxyl groups is 1. The maximum absolute atomic E-state index is 12.6. The molecule has 1 aromatic heterocycles. The number of ether oxygens (including phenoxy) is 1. The van der Waals surface area contributed by atoms with Gasteiger partial charge in [-0.15, -0.1) is 0 Å². The van der Waals surface area contributed by atoms with Gasteiger partial charge >= 0.3 is 0 Å². The number of methoxy groups -OCH3 is 1. The number of rotatable bonds is 5. The molecule has 5 heteroatoms. The number of furan rings is 1. The fourth-order valence-electron chi connectivity index (χ4n) is 2.89. The van der Waals surface area contributed by atoms with Crippen molar-refractivity contribution >= 4 is 11.6 Å². The van der Waals surface area contributed by atoms with Crippen LogP contribution in [0.15, 0.2) is 52.9 Å². The van der Waals surface area contributed by atoms with E-state index < -0.39 is 0 Å². The molecule has 0 spiro atoms. The summed E-state index contributed by atoms with van der Waals surface area (Å²) in [6.45, 7) is 3.75. The van der Waals surface area contributed by atoms with E-state index in [0.717, 1.165) is 11.1 Å². The zero-order valence-electron chi connectivity index (χ0n) is 15.0. The van der Waals surface area contributed by atoms with Crippen LogP contribution in [-0.2, 0) is 6.61 Å². The topological polar surface area (TPSA) is 71.7 Å². The van der Waals surface area contributed by atoms with Gasteiger partial charge in [0, 0.05) is 11.3 Å². The first-order chi connectivity index (χ1) is 12.5. The molecule has 0 aliphatic heterocycles. The molecule has 3 aromatic rings. The normalized spacial score (nSPS) is 10.6. The lowest BCUT2D eigenvalue weighted by molar-refractivity contribution is 0.102. The van der Waals surface area contributed by atoms with Gasteiger partial charge in [0.1, 0.15) is 23.9 Å². The summed E-state index contributed by atoms with van der Waals surface area (Å²) in [5.41, 5.74) is 4.02. The van der Waals surface area contributed by atoms with Crippen molar-refractivity contribution in [2.75, 3.05) is 12.4 Å².